The summed E-state index contributed by atoms with van der Waals surface area (Å²) >= 11 is 0. The lowest BCUT2D eigenvalue weighted by molar-refractivity contribution is 0.325. The van der Waals surface area contributed by atoms with Crippen molar-refractivity contribution >= 4 is 15.7 Å². The largest absolute Gasteiger partial charge is 0.478 e. The molecule has 1 N–H and O–H groups in total. The molecule has 19 heavy (non-hydrogen) atoms. The molecule has 0 saturated carbocycles. The zero-order valence-corrected chi connectivity index (χ0v) is 12.0. The van der Waals surface area contributed by atoms with Crippen molar-refractivity contribution in [3.05, 3.63) is 11.9 Å². The van der Waals surface area contributed by atoms with Crippen molar-refractivity contribution < 1.29 is 13.2 Å². The number of nitrogens with zero attached hydrogens (tertiary/aromatic N) is 2. The number of hydrogen-bond acceptors (Lipinski definition) is 6. The molecule has 0 bridgehead atoms. The van der Waals surface area contributed by atoms with Gasteiger partial charge in [0.15, 0.2) is 9.84 Å². The molecule has 0 aliphatic carbocycles. The Morgan fingerprint density at radius 2 is 2.26 bits per heavy atom. The number of sulfone groups is 1. The highest BCUT2D eigenvalue weighted by Gasteiger charge is 2.25. The molecular weight excluding hydrogens is 266 g/mol. The summed E-state index contributed by atoms with van der Waals surface area (Å²) in [7, 11) is -2.92. The molecule has 0 amide bonds. The van der Waals surface area contributed by atoms with Gasteiger partial charge in [0.05, 0.1) is 18.1 Å². The highest BCUT2D eigenvalue weighted by molar-refractivity contribution is 7.91. The summed E-state index contributed by atoms with van der Waals surface area (Å²) in [6.07, 6.45) is 1.54. The van der Waals surface area contributed by atoms with Crippen LogP contribution in [0.25, 0.3) is 0 Å². The maximum Gasteiger partial charge on any atom is 0.218 e. The lowest BCUT2D eigenvalue weighted by Crippen LogP contribution is -2.35. The first-order valence-corrected chi connectivity index (χ1v) is 8.26. The van der Waals surface area contributed by atoms with Crippen LogP contribution in [0, 0.1) is 6.92 Å². The zero-order valence-electron chi connectivity index (χ0n) is 11.2. The molecule has 0 radical (unpaired) electrons. The Bertz CT molecular complexity index is 545. The molecule has 1 aromatic rings. The van der Waals surface area contributed by atoms with Crippen LogP contribution in [0.15, 0.2) is 6.07 Å². The zero-order chi connectivity index (χ0) is 13.9. The van der Waals surface area contributed by atoms with Crippen molar-refractivity contribution in [2.75, 3.05) is 23.4 Å². The second kappa shape index (κ2) is 5.73. The molecule has 1 unspecified atom stereocenters. The second-order valence-electron chi connectivity index (χ2n) is 4.67. The molecule has 0 spiro atoms. The molecule has 6 nitrogen and oxygen atoms in total. The van der Waals surface area contributed by atoms with E-state index in [1.807, 2.05) is 6.92 Å². The van der Waals surface area contributed by atoms with Gasteiger partial charge in [-0.15, -0.1) is 0 Å². The Hall–Kier alpha value is -1.37. The number of aryl methyl sites for hydroxylation is 1. The molecule has 2 rings (SSSR count). The molecule has 0 aromatic carbocycles. The molecule has 7 heteroatoms. The summed E-state index contributed by atoms with van der Waals surface area (Å²) in [4.78, 5) is 8.41. The second-order valence-corrected chi connectivity index (χ2v) is 6.90. The highest BCUT2D eigenvalue weighted by Crippen LogP contribution is 2.19. The summed E-state index contributed by atoms with van der Waals surface area (Å²) in [6, 6.07) is 1.63. The van der Waals surface area contributed by atoms with Crippen LogP contribution in [-0.2, 0) is 9.84 Å². The summed E-state index contributed by atoms with van der Waals surface area (Å²) in [6.45, 7) is 4.21. The summed E-state index contributed by atoms with van der Waals surface area (Å²) < 4.78 is 28.5. The topological polar surface area (TPSA) is 81.2 Å². The number of anilines is 1. The Labute approximate surface area is 113 Å². The van der Waals surface area contributed by atoms with Gasteiger partial charge < -0.3 is 10.1 Å². The first-order chi connectivity index (χ1) is 8.98. The third-order valence-corrected chi connectivity index (χ3v) is 4.74. The minimum atomic E-state index is -2.92. The maximum atomic E-state index is 11.6. The lowest BCUT2D eigenvalue weighted by Gasteiger charge is -2.23. The van der Waals surface area contributed by atoms with Crippen molar-refractivity contribution in [2.45, 2.75) is 32.7 Å². The van der Waals surface area contributed by atoms with Gasteiger partial charge in [0.25, 0.3) is 0 Å². The minimum absolute atomic E-state index is 0.0810. The van der Waals surface area contributed by atoms with Crippen molar-refractivity contribution in [1.29, 1.82) is 0 Å². The quantitative estimate of drug-likeness (QED) is 0.894. The number of hydrogen-bond donors (Lipinski definition) is 1. The molecule has 1 atom stereocenters. The first-order valence-electron chi connectivity index (χ1n) is 6.44. The van der Waals surface area contributed by atoms with Crippen molar-refractivity contribution in [3.8, 4) is 5.88 Å². The molecule has 2 heterocycles. The van der Waals surface area contributed by atoms with Crippen LogP contribution in [0.5, 0.6) is 5.88 Å². The van der Waals surface area contributed by atoms with Crippen LogP contribution >= 0.6 is 0 Å². The van der Waals surface area contributed by atoms with Gasteiger partial charge in [-0.1, -0.05) is 0 Å². The standard InChI is InChI=1S/C12H19N3O3S/c1-3-18-12-7-11(13-9(2)14-12)15-10-5-4-6-19(16,17)8-10/h7,10H,3-6,8H2,1-2H3,(H,13,14,15). The number of rotatable bonds is 4. The van der Waals surface area contributed by atoms with Gasteiger partial charge >= 0.3 is 0 Å². The van der Waals surface area contributed by atoms with E-state index in [1.54, 1.807) is 13.0 Å². The average Bonchev–Trinajstić information content (AvgIpc) is 2.26. The van der Waals surface area contributed by atoms with Gasteiger partial charge in [0.2, 0.25) is 5.88 Å². The Kier molecular flexibility index (Phi) is 4.24. The number of ether oxygens (including phenoxy) is 1. The molecule has 1 aliphatic heterocycles. The Balaban J connectivity index is 2.10. The van der Waals surface area contributed by atoms with E-state index in [0.29, 0.717) is 30.5 Å². The third kappa shape index (κ3) is 4.05. The van der Waals surface area contributed by atoms with Crippen LogP contribution in [-0.4, -0.2) is 42.5 Å². The minimum Gasteiger partial charge on any atom is -0.478 e. The van der Waals surface area contributed by atoms with Gasteiger partial charge in [-0.2, -0.15) is 4.98 Å². The van der Waals surface area contributed by atoms with Crippen LogP contribution in [0.3, 0.4) is 0 Å². The van der Waals surface area contributed by atoms with Crippen molar-refractivity contribution in [2.24, 2.45) is 0 Å². The normalized spacial score (nSPS) is 21.9. The van der Waals surface area contributed by atoms with E-state index in [0.717, 1.165) is 6.42 Å². The van der Waals surface area contributed by atoms with Gasteiger partial charge in [-0.3, -0.25) is 0 Å². The van der Waals surface area contributed by atoms with Crippen LogP contribution in [0.4, 0.5) is 5.82 Å². The molecular formula is C12H19N3O3S. The molecule has 1 aromatic heterocycles. The fraction of sp³-hybridized carbons (Fsp3) is 0.667. The van der Waals surface area contributed by atoms with E-state index < -0.39 is 9.84 Å². The van der Waals surface area contributed by atoms with Crippen LogP contribution < -0.4 is 10.1 Å². The van der Waals surface area contributed by atoms with E-state index >= 15 is 0 Å². The lowest BCUT2D eigenvalue weighted by atomic mass is 10.2. The monoisotopic (exact) mass is 285 g/mol. The number of nitrogens with one attached hydrogen (secondary N) is 1. The first kappa shape index (κ1) is 14.0. The summed E-state index contributed by atoms with van der Waals surface area (Å²) in [5, 5.41) is 3.17. The van der Waals surface area contributed by atoms with Gasteiger partial charge in [0.1, 0.15) is 11.6 Å². The SMILES string of the molecule is CCOc1cc(NC2CCCS(=O)(=O)C2)nc(C)n1. The average molecular weight is 285 g/mol. The van der Waals surface area contributed by atoms with E-state index in [2.05, 4.69) is 15.3 Å². The number of aromatic nitrogens is 2. The van der Waals surface area contributed by atoms with E-state index in [1.165, 1.54) is 0 Å². The van der Waals surface area contributed by atoms with E-state index in [4.69, 9.17) is 4.74 Å². The predicted octanol–water partition coefficient (Wildman–Crippen LogP) is 1.17. The fourth-order valence-electron chi connectivity index (χ4n) is 2.18. The fourth-order valence-corrected chi connectivity index (χ4v) is 3.82. The van der Waals surface area contributed by atoms with Crippen molar-refractivity contribution in [1.82, 2.24) is 9.97 Å². The predicted molar refractivity (Wildman–Crippen MR) is 73.2 cm³/mol. The van der Waals surface area contributed by atoms with Gasteiger partial charge in [-0.05, 0) is 26.7 Å². The Morgan fingerprint density at radius 3 is 2.95 bits per heavy atom. The summed E-state index contributed by atoms with van der Waals surface area (Å²) in [5.74, 6) is 2.19. The third-order valence-electron chi connectivity index (χ3n) is 2.92. The maximum absolute atomic E-state index is 11.6. The van der Waals surface area contributed by atoms with E-state index in [9.17, 15) is 8.42 Å². The van der Waals surface area contributed by atoms with Gasteiger partial charge in [-0.25, -0.2) is 13.4 Å². The van der Waals surface area contributed by atoms with E-state index in [-0.39, 0.29) is 17.5 Å². The van der Waals surface area contributed by atoms with Crippen LogP contribution in [0.1, 0.15) is 25.6 Å². The smallest absolute Gasteiger partial charge is 0.218 e. The molecule has 1 saturated heterocycles. The molecule has 106 valence electrons. The highest BCUT2D eigenvalue weighted by atomic mass is 32.2. The van der Waals surface area contributed by atoms with Gasteiger partial charge in [0, 0.05) is 12.1 Å². The molecule has 1 fully saturated rings. The van der Waals surface area contributed by atoms with Crippen LogP contribution in [0.2, 0.25) is 0 Å². The Morgan fingerprint density at radius 1 is 1.47 bits per heavy atom. The van der Waals surface area contributed by atoms with Crippen molar-refractivity contribution in [3.63, 3.8) is 0 Å². The molecule has 1 aliphatic rings. The summed E-state index contributed by atoms with van der Waals surface area (Å²) in [5.41, 5.74) is 0.